The van der Waals surface area contributed by atoms with Crippen LogP contribution >= 0.6 is 0 Å². The minimum absolute atomic E-state index is 0.00455. The van der Waals surface area contributed by atoms with Crippen LogP contribution in [0.3, 0.4) is 0 Å². The molecular weight excluding hydrogens is 366 g/mol. The molecule has 0 spiro atoms. The average Bonchev–Trinajstić information content (AvgIpc) is 3.27. The van der Waals surface area contributed by atoms with Gasteiger partial charge in [0.25, 0.3) is 0 Å². The van der Waals surface area contributed by atoms with Crippen molar-refractivity contribution in [2.45, 2.75) is 31.6 Å². The molecule has 1 amide bonds. The highest BCUT2D eigenvalue weighted by molar-refractivity contribution is 7.91. The van der Waals surface area contributed by atoms with Crippen molar-refractivity contribution < 1.29 is 13.2 Å². The van der Waals surface area contributed by atoms with Crippen LogP contribution in [-0.4, -0.2) is 75.6 Å². The van der Waals surface area contributed by atoms with E-state index in [9.17, 15) is 13.2 Å². The van der Waals surface area contributed by atoms with Crippen molar-refractivity contribution in [1.82, 2.24) is 24.6 Å². The van der Waals surface area contributed by atoms with Gasteiger partial charge >= 0.3 is 0 Å². The van der Waals surface area contributed by atoms with Gasteiger partial charge < -0.3 is 4.90 Å². The molecule has 144 valence electrons. The zero-order chi connectivity index (χ0) is 18.9. The molecule has 0 unspecified atom stereocenters. The molecule has 2 aromatic rings. The molecule has 0 aromatic carbocycles. The van der Waals surface area contributed by atoms with Crippen molar-refractivity contribution in [3.05, 3.63) is 48.5 Å². The van der Waals surface area contributed by atoms with Gasteiger partial charge in [0, 0.05) is 57.2 Å². The summed E-state index contributed by atoms with van der Waals surface area (Å²) in [4.78, 5) is 21.1. The van der Waals surface area contributed by atoms with Gasteiger partial charge in [-0.15, -0.1) is 0 Å². The predicted molar refractivity (Wildman–Crippen MR) is 99.4 cm³/mol. The SMILES string of the molecule is O=C(CCn1cccn1)N1CCN(Cc2ccccn2)[C@@H]2CS(=O)(=O)C[C@@H]21. The van der Waals surface area contributed by atoms with Crippen molar-refractivity contribution in [1.29, 1.82) is 0 Å². The first kappa shape index (κ1) is 18.1. The maximum atomic E-state index is 12.8. The number of carbonyl (C=O) groups is 1. The molecule has 9 heteroatoms. The second kappa shape index (κ2) is 7.40. The number of hydrogen-bond donors (Lipinski definition) is 0. The van der Waals surface area contributed by atoms with Crippen molar-refractivity contribution in [2.24, 2.45) is 0 Å². The van der Waals surface area contributed by atoms with E-state index in [1.54, 1.807) is 22.0 Å². The van der Waals surface area contributed by atoms with Crippen molar-refractivity contribution in [3.8, 4) is 0 Å². The van der Waals surface area contributed by atoms with E-state index in [1.807, 2.05) is 30.5 Å². The molecular formula is C18H23N5O3S. The third-order valence-corrected chi connectivity index (χ3v) is 7.02. The zero-order valence-electron chi connectivity index (χ0n) is 15.0. The Hall–Kier alpha value is -2.26. The van der Waals surface area contributed by atoms with Gasteiger partial charge in [0.05, 0.1) is 23.2 Å². The quantitative estimate of drug-likeness (QED) is 0.725. The number of rotatable bonds is 5. The molecule has 0 aliphatic carbocycles. The molecule has 4 heterocycles. The van der Waals surface area contributed by atoms with Crippen molar-refractivity contribution in [2.75, 3.05) is 24.6 Å². The molecule has 8 nitrogen and oxygen atoms in total. The van der Waals surface area contributed by atoms with Crippen LogP contribution in [-0.2, 0) is 27.7 Å². The van der Waals surface area contributed by atoms with Gasteiger partial charge in [-0.05, 0) is 18.2 Å². The Morgan fingerprint density at radius 2 is 1.96 bits per heavy atom. The second-order valence-corrected chi connectivity index (χ2v) is 9.26. The maximum absolute atomic E-state index is 12.8. The summed E-state index contributed by atoms with van der Waals surface area (Å²) in [5.41, 5.74) is 0.916. The normalized spacial score (nSPS) is 24.7. The van der Waals surface area contributed by atoms with Crippen LogP contribution in [0.5, 0.6) is 0 Å². The molecule has 2 aromatic heterocycles. The molecule has 0 bridgehead atoms. The Bertz CT molecular complexity index is 885. The lowest BCUT2D eigenvalue weighted by atomic mass is 10.0. The second-order valence-electron chi connectivity index (χ2n) is 7.11. The number of nitrogens with zero attached hydrogens (tertiary/aromatic N) is 5. The van der Waals surface area contributed by atoms with Crippen LogP contribution in [0.25, 0.3) is 0 Å². The van der Waals surface area contributed by atoms with E-state index in [0.717, 1.165) is 5.69 Å². The van der Waals surface area contributed by atoms with Crippen molar-refractivity contribution in [3.63, 3.8) is 0 Å². The van der Waals surface area contributed by atoms with E-state index < -0.39 is 9.84 Å². The fourth-order valence-electron chi connectivity index (χ4n) is 4.02. The minimum Gasteiger partial charge on any atom is -0.336 e. The summed E-state index contributed by atoms with van der Waals surface area (Å²) in [6.45, 7) is 2.30. The molecule has 2 saturated heterocycles. The summed E-state index contributed by atoms with van der Waals surface area (Å²) in [5.74, 6) is 0.146. The van der Waals surface area contributed by atoms with Crippen LogP contribution < -0.4 is 0 Å². The summed E-state index contributed by atoms with van der Waals surface area (Å²) in [5, 5.41) is 4.12. The fourth-order valence-corrected chi connectivity index (χ4v) is 6.03. The Morgan fingerprint density at radius 1 is 1.11 bits per heavy atom. The summed E-state index contributed by atoms with van der Waals surface area (Å²) in [6, 6.07) is 7.11. The number of carbonyl (C=O) groups excluding carboxylic acids is 1. The Kier molecular flexibility index (Phi) is 4.96. The first-order valence-corrected chi connectivity index (χ1v) is 11.0. The molecule has 0 saturated carbocycles. The third kappa shape index (κ3) is 4.03. The topological polar surface area (TPSA) is 88.4 Å². The van der Waals surface area contributed by atoms with E-state index in [0.29, 0.717) is 32.6 Å². The first-order chi connectivity index (χ1) is 13.0. The summed E-state index contributed by atoms with van der Waals surface area (Å²) >= 11 is 0. The lowest BCUT2D eigenvalue weighted by Gasteiger charge is -2.43. The van der Waals surface area contributed by atoms with Gasteiger partial charge in [0.2, 0.25) is 5.91 Å². The van der Waals surface area contributed by atoms with E-state index in [-0.39, 0.29) is 29.5 Å². The molecule has 4 rings (SSSR count). The molecule has 0 N–H and O–H groups in total. The Balaban J connectivity index is 1.47. The summed E-state index contributed by atoms with van der Waals surface area (Å²) < 4.78 is 26.3. The van der Waals surface area contributed by atoms with Crippen LogP contribution in [0.2, 0.25) is 0 Å². The largest absolute Gasteiger partial charge is 0.336 e. The van der Waals surface area contributed by atoms with Crippen LogP contribution in [0.15, 0.2) is 42.9 Å². The van der Waals surface area contributed by atoms with Gasteiger partial charge in [0.15, 0.2) is 9.84 Å². The maximum Gasteiger partial charge on any atom is 0.224 e. The molecule has 2 atom stereocenters. The number of pyridine rings is 1. The van der Waals surface area contributed by atoms with E-state index in [2.05, 4.69) is 15.0 Å². The highest BCUT2D eigenvalue weighted by Gasteiger charge is 2.47. The first-order valence-electron chi connectivity index (χ1n) is 9.13. The summed E-state index contributed by atoms with van der Waals surface area (Å²) in [7, 11) is -3.15. The minimum atomic E-state index is -3.15. The average molecular weight is 389 g/mol. The standard InChI is InChI=1S/C18H23N5O3S/c24-18(5-9-22-8-3-7-20-22)23-11-10-21(12-15-4-1-2-6-19-15)16-13-27(25,26)14-17(16)23/h1-4,6-8,16-17H,5,9-14H2/t16-,17+/m1/s1. The Morgan fingerprint density at radius 3 is 2.70 bits per heavy atom. The number of sulfone groups is 1. The predicted octanol–water partition coefficient (Wildman–Crippen LogP) is 0.178. The number of aromatic nitrogens is 3. The molecule has 27 heavy (non-hydrogen) atoms. The van der Waals surface area contributed by atoms with Gasteiger partial charge in [-0.1, -0.05) is 6.07 Å². The monoisotopic (exact) mass is 389 g/mol. The molecule has 2 aliphatic rings. The highest BCUT2D eigenvalue weighted by atomic mass is 32.2. The van der Waals surface area contributed by atoms with Gasteiger partial charge in [-0.3, -0.25) is 19.4 Å². The van der Waals surface area contributed by atoms with Gasteiger partial charge in [-0.25, -0.2) is 8.42 Å². The number of fused-ring (bicyclic) bond motifs is 1. The Labute approximate surface area is 158 Å². The van der Waals surface area contributed by atoms with Crippen LogP contribution in [0.1, 0.15) is 12.1 Å². The lowest BCUT2D eigenvalue weighted by Crippen LogP contribution is -2.60. The molecule has 2 aliphatic heterocycles. The van der Waals surface area contributed by atoms with E-state index in [4.69, 9.17) is 0 Å². The fraction of sp³-hybridized carbons (Fsp3) is 0.500. The third-order valence-electron chi connectivity index (χ3n) is 5.32. The lowest BCUT2D eigenvalue weighted by molar-refractivity contribution is -0.137. The number of hydrogen-bond acceptors (Lipinski definition) is 6. The smallest absolute Gasteiger partial charge is 0.224 e. The van der Waals surface area contributed by atoms with E-state index >= 15 is 0 Å². The highest BCUT2D eigenvalue weighted by Crippen LogP contribution is 2.28. The zero-order valence-corrected chi connectivity index (χ0v) is 15.8. The number of amides is 1. The van der Waals surface area contributed by atoms with Crippen LogP contribution in [0.4, 0.5) is 0 Å². The molecule has 0 radical (unpaired) electrons. The van der Waals surface area contributed by atoms with Gasteiger partial charge in [-0.2, -0.15) is 5.10 Å². The molecule has 2 fully saturated rings. The van der Waals surface area contributed by atoms with Crippen molar-refractivity contribution >= 4 is 15.7 Å². The van der Waals surface area contributed by atoms with Crippen LogP contribution in [0, 0.1) is 0 Å². The van der Waals surface area contributed by atoms with E-state index in [1.165, 1.54) is 0 Å². The summed E-state index contributed by atoms with van der Waals surface area (Å²) in [6.07, 6.45) is 5.57. The number of piperazine rings is 1. The van der Waals surface area contributed by atoms with Gasteiger partial charge in [0.1, 0.15) is 0 Å². The number of aryl methyl sites for hydroxylation is 1.